The number of nitro benzene ring substituents is 1. The second-order valence-electron chi connectivity index (χ2n) is 5.58. The molecule has 2 N–H and O–H groups in total. The van der Waals surface area contributed by atoms with Crippen molar-refractivity contribution in [2.75, 3.05) is 10.6 Å². The molecule has 3 aromatic rings. The van der Waals surface area contributed by atoms with Crippen LogP contribution in [0, 0.1) is 10.1 Å². The fraction of sp³-hybridized carbons (Fsp3) is 0. The summed E-state index contributed by atoms with van der Waals surface area (Å²) in [5.41, 5.74) is 0.957. The molecule has 142 valence electrons. The first kappa shape index (κ1) is 19.5. The van der Waals surface area contributed by atoms with Crippen LogP contribution in [0.2, 0.25) is 10.0 Å². The average molecular weight is 418 g/mol. The van der Waals surface area contributed by atoms with Crippen molar-refractivity contribution >= 4 is 46.3 Å². The molecule has 0 saturated carbocycles. The molecule has 9 heteroatoms. The van der Waals surface area contributed by atoms with Gasteiger partial charge in [-0.1, -0.05) is 23.2 Å². The molecule has 2 amide bonds. The van der Waals surface area contributed by atoms with E-state index >= 15 is 0 Å². The van der Waals surface area contributed by atoms with E-state index in [0.29, 0.717) is 32.9 Å². The zero-order valence-corrected chi connectivity index (χ0v) is 15.7. The highest BCUT2D eigenvalue weighted by molar-refractivity contribution is 6.36. The Bertz CT molecular complexity index is 1010. The summed E-state index contributed by atoms with van der Waals surface area (Å²) in [6.45, 7) is 0. The van der Waals surface area contributed by atoms with E-state index in [1.807, 2.05) is 0 Å². The predicted molar refractivity (Wildman–Crippen MR) is 109 cm³/mol. The fourth-order valence-corrected chi connectivity index (χ4v) is 2.71. The van der Waals surface area contributed by atoms with Gasteiger partial charge < -0.3 is 15.4 Å². The first-order valence-corrected chi connectivity index (χ1v) is 8.72. The Hall–Kier alpha value is -3.29. The molecule has 0 fully saturated rings. The van der Waals surface area contributed by atoms with Crippen molar-refractivity contribution in [1.29, 1.82) is 0 Å². The lowest BCUT2D eigenvalue weighted by molar-refractivity contribution is -0.384. The van der Waals surface area contributed by atoms with Crippen LogP contribution in [-0.4, -0.2) is 11.0 Å². The van der Waals surface area contributed by atoms with Crippen LogP contribution in [0.1, 0.15) is 0 Å². The summed E-state index contributed by atoms with van der Waals surface area (Å²) < 4.78 is 5.61. The molecule has 28 heavy (non-hydrogen) atoms. The number of nitrogens with one attached hydrogen (secondary N) is 2. The lowest BCUT2D eigenvalue weighted by Gasteiger charge is -2.10. The largest absolute Gasteiger partial charge is 0.457 e. The Labute approximate surface area is 170 Å². The van der Waals surface area contributed by atoms with Gasteiger partial charge in [-0.2, -0.15) is 0 Å². The Kier molecular flexibility index (Phi) is 5.98. The van der Waals surface area contributed by atoms with Gasteiger partial charge in [0, 0.05) is 22.8 Å². The number of ether oxygens (including phenoxy) is 1. The molecule has 0 heterocycles. The van der Waals surface area contributed by atoms with Gasteiger partial charge in [-0.3, -0.25) is 10.1 Å². The molecular formula is C19H13Cl2N3O4. The van der Waals surface area contributed by atoms with Crippen molar-refractivity contribution in [2.45, 2.75) is 0 Å². The van der Waals surface area contributed by atoms with Gasteiger partial charge in [0.1, 0.15) is 11.5 Å². The summed E-state index contributed by atoms with van der Waals surface area (Å²) >= 11 is 11.8. The minimum absolute atomic E-state index is 0.0151. The maximum atomic E-state index is 12.1. The van der Waals surface area contributed by atoms with Gasteiger partial charge in [0.2, 0.25) is 0 Å². The third kappa shape index (κ3) is 5.12. The van der Waals surface area contributed by atoms with Crippen LogP contribution in [0.25, 0.3) is 0 Å². The second-order valence-corrected chi connectivity index (χ2v) is 6.42. The molecule has 0 atom stereocenters. The van der Waals surface area contributed by atoms with Crippen LogP contribution in [-0.2, 0) is 0 Å². The molecule has 3 aromatic carbocycles. The van der Waals surface area contributed by atoms with Gasteiger partial charge >= 0.3 is 6.03 Å². The molecule has 0 bridgehead atoms. The number of hydrogen-bond acceptors (Lipinski definition) is 4. The lowest BCUT2D eigenvalue weighted by Crippen LogP contribution is -2.19. The van der Waals surface area contributed by atoms with Crippen LogP contribution in [0.15, 0.2) is 66.7 Å². The molecule has 0 unspecified atom stereocenters. The number of carbonyl (C=O) groups excluding carboxylic acids is 1. The van der Waals surface area contributed by atoms with Crippen molar-refractivity contribution in [3.05, 3.63) is 86.9 Å². The SMILES string of the molecule is O=C(Nc1ccc(Oc2ccc([N+](=O)[O-])cc2)cc1)Nc1ccc(Cl)cc1Cl. The van der Waals surface area contributed by atoms with Crippen LogP contribution >= 0.6 is 23.2 Å². The maximum Gasteiger partial charge on any atom is 0.323 e. The summed E-state index contributed by atoms with van der Waals surface area (Å²) in [5.74, 6) is 0.974. The number of urea groups is 1. The molecule has 0 aliphatic rings. The molecule has 3 rings (SSSR count). The van der Waals surface area contributed by atoms with E-state index in [1.165, 1.54) is 30.3 Å². The Morgan fingerprint density at radius 2 is 1.50 bits per heavy atom. The smallest absolute Gasteiger partial charge is 0.323 e. The molecule has 0 radical (unpaired) electrons. The monoisotopic (exact) mass is 417 g/mol. The number of carbonyl (C=O) groups is 1. The number of halogens is 2. The Balaban J connectivity index is 1.59. The van der Waals surface area contributed by atoms with Crippen molar-refractivity contribution in [1.82, 2.24) is 0 Å². The lowest BCUT2D eigenvalue weighted by atomic mass is 10.3. The zero-order valence-electron chi connectivity index (χ0n) is 14.2. The quantitative estimate of drug-likeness (QED) is 0.374. The van der Waals surface area contributed by atoms with Gasteiger partial charge in [0.05, 0.1) is 15.6 Å². The van der Waals surface area contributed by atoms with Crippen LogP contribution in [0.5, 0.6) is 11.5 Å². The number of nitrogens with zero attached hydrogens (tertiary/aromatic N) is 1. The molecule has 0 aromatic heterocycles. The number of benzene rings is 3. The highest BCUT2D eigenvalue weighted by atomic mass is 35.5. The summed E-state index contributed by atoms with van der Waals surface area (Å²) in [5, 5.41) is 16.8. The molecule has 0 spiro atoms. The normalized spacial score (nSPS) is 10.2. The number of amides is 2. The third-order valence-electron chi connectivity index (χ3n) is 3.57. The van der Waals surface area contributed by atoms with Gasteiger partial charge in [-0.05, 0) is 54.6 Å². The first-order valence-electron chi connectivity index (χ1n) is 7.96. The summed E-state index contributed by atoms with van der Waals surface area (Å²) in [6, 6.07) is 16.7. The Morgan fingerprint density at radius 3 is 2.07 bits per heavy atom. The predicted octanol–water partition coefficient (Wildman–Crippen LogP) is 6.34. The minimum Gasteiger partial charge on any atom is -0.457 e. The highest BCUT2D eigenvalue weighted by Gasteiger charge is 2.08. The van der Waals surface area contributed by atoms with Crippen molar-refractivity contribution in [3.8, 4) is 11.5 Å². The van der Waals surface area contributed by atoms with E-state index in [0.717, 1.165) is 0 Å². The number of anilines is 2. The molecule has 0 aliphatic carbocycles. The number of nitro groups is 1. The summed E-state index contributed by atoms with van der Waals surface area (Å²) in [4.78, 5) is 22.3. The van der Waals surface area contributed by atoms with Crippen molar-refractivity contribution in [3.63, 3.8) is 0 Å². The van der Waals surface area contributed by atoms with Crippen LogP contribution < -0.4 is 15.4 Å². The van der Waals surface area contributed by atoms with E-state index in [2.05, 4.69) is 10.6 Å². The van der Waals surface area contributed by atoms with E-state index in [-0.39, 0.29) is 5.69 Å². The van der Waals surface area contributed by atoms with E-state index in [4.69, 9.17) is 27.9 Å². The van der Waals surface area contributed by atoms with Gasteiger partial charge in [-0.25, -0.2) is 4.79 Å². The number of hydrogen-bond donors (Lipinski definition) is 2. The third-order valence-corrected chi connectivity index (χ3v) is 4.12. The Morgan fingerprint density at radius 1 is 0.893 bits per heavy atom. The highest BCUT2D eigenvalue weighted by Crippen LogP contribution is 2.27. The zero-order chi connectivity index (χ0) is 20.1. The van der Waals surface area contributed by atoms with Crippen LogP contribution in [0.4, 0.5) is 21.9 Å². The van der Waals surface area contributed by atoms with Gasteiger partial charge in [0.25, 0.3) is 5.69 Å². The fourth-order valence-electron chi connectivity index (χ4n) is 2.25. The average Bonchev–Trinajstić information content (AvgIpc) is 2.66. The minimum atomic E-state index is -0.480. The molecule has 0 aliphatic heterocycles. The van der Waals surface area contributed by atoms with Crippen molar-refractivity contribution < 1.29 is 14.5 Å². The summed E-state index contributed by atoms with van der Waals surface area (Å²) in [6.07, 6.45) is 0. The maximum absolute atomic E-state index is 12.1. The van der Waals surface area contributed by atoms with Crippen LogP contribution in [0.3, 0.4) is 0 Å². The molecule has 0 saturated heterocycles. The van der Waals surface area contributed by atoms with E-state index in [1.54, 1.807) is 36.4 Å². The van der Waals surface area contributed by atoms with E-state index in [9.17, 15) is 14.9 Å². The molecular weight excluding hydrogens is 405 g/mol. The first-order chi connectivity index (χ1) is 13.4. The number of rotatable bonds is 5. The van der Waals surface area contributed by atoms with Gasteiger partial charge in [-0.15, -0.1) is 0 Å². The topological polar surface area (TPSA) is 93.5 Å². The standard InChI is InChI=1S/C19H13Cl2N3O4/c20-12-1-10-18(17(21)11-12)23-19(25)22-13-2-6-15(7-3-13)28-16-8-4-14(5-9-16)24(26)27/h1-11H,(H2,22,23,25). The van der Waals surface area contributed by atoms with Gasteiger partial charge in [0.15, 0.2) is 0 Å². The summed E-state index contributed by atoms with van der Waals surface area (Å²) in [7, 11) is 0. The molecule has 7 nitrogen and oxygen atoms in total. The van der Waals surface area contributed by atoms with Crippen molar-refractivity contribution in [2.24, 2.45) is 0 Å². The number of non-ortho nitro benzene ring substituents is 1. The second kappa shape index (κ2) is 8.60. The van der Waals surface area contributed by atoms with E-state index < -0.39 is 11.0 Å².